The van der Waals surface area contributed by atoms with Crippen LogP contribution < -0.4 is 14.8 Å². The van der Waals surface area contributed by atoms with E-state index in [0.29, 0.717) is 18.4 Å². The lowest BCUT2D eigenvalue weighted by Gasteiger charge is -2.17. The maximum absolute atomic E-state index is 12.1. The van der Waals surface area contributed by atoms with Crippen molar-refractivity contribution in [3.8, 4) is 11.5 Å². The van der Waals surface area contributed by atoms with Gasteiger partial charge in [-0.25, -0.2) is 4.79 Å². The van der Waals surface area contributed by atoms with E-state index in [-0.39, 0.29) is 12.8 Å². The summed E-state index contributed by atoms with van der Waals surface area (Å²) in [7, 11) is 0. The first-order chi connectivity index (χ1) is 9.28. The second kappa shape index (κ2) is 5.09. The number of benzene rings is 1. The zero-order valence-electron chi connectivity index (χ0n) is 10.8. The molecule has 1 fully saturated rings. The molecule has 1 unspecified atom stereocenters. The Morgan fingerprint density at radius 1 is 1.42 bits per heavy atom. The van der Waals surface area contributed by atoms with Crippen molar-refractivity contribution in [2.24, 2.45) is 0 Å². The van der Waals surface area contributed by atoms with Crippen molar-refractivity contribution in [3.05, 3.63) is 23.8 Å². The van der Waals surface area contributed by atoms with Crippen molar-refractivity contribution in [1.82, 2.24) is 5.32 Å². The van der Waals surface area contributed by atoms with Gasteiger partial charge in [-0.2, -0.15) is 0 Å². The van der Waals surface area contributed by atoms with Crippen LogP contribution in [-0.2, 0) is 9.53 Å². The number of esters is 1. The number of fused-ring (bicyclic) bond motifs is 1. The fraction of sp³-hybridized carbons (Fsp3) is 0.500. The first kappa shape index (κ1) is 12.3. The van der Waals surface area contributed by atoms with E-state index >= 15 is 0 Å². The Balaban J connectivity index is 1.83. The fourth-order valence-electron chi connectivity index (χ4n) is 2.10. The zero-order chi connectivity index (χ0) is 13.2. The van der Waals surface area contributed by atoms with Crippen molar-refractivity contribution in [1.29, 1.82) is 0 Å². The molecule has 1 aliphatic carbocycles. The molecule has 0 spiro atoms. The van der Waals surface area contributed by atoms with Crippen molar-refractivity contribution < 1.29 is 19.0 Å². The van der Waals surface area contributed by atoms with E-state index in [1.54, 1.807) is 0 Å². The monoisotopic (exact) mass is 263 g/mol. The van der Waals surface area contributed by atoms with Crippen LogP contribution in [0.15, 0.2) is 18.2 Å². The van der Waals surface area contributed by atoms with Gasteiger partial charge in [0.25, 0.3) is 0 Å². The molecule has 19 heavy (non-hydrogen) atoms. The summed E-state index contributed by atoms with van der Waals surface area (Å²) in [4.78, 5) is 12.1. The summed E-state index contributed by atoms with van der Waals surface area (Å²) in [6.07, 6.45) is 2.22. The highest BCUT2D eigenvalue weighted by Gasteiger charge is 2.31. The molecule has 0 bridgehead atoms. The summed E-state index contributed by atoms with van der Waals surface area (Å²) in [6.45, 7) is 2.43. The number of hydrogen-bond donors (Lipinski definition) is 1. The van der Waals surface area contributed by atoms with Crippen LogP contribution in [0.4, 0.5) is 0 Å². The maximum Gasteiger partial charge on any atom is 0.327 e. The van der Waals surface area contributed by atoms with Crippen molar-refractivity contribution in [3.63, 3.8) is 0 Å². The number of carbonyl (C=O) groups excluding carboxylic acids is 1. The van der Waals surface area contributed by atoms with Gasteiger partial charge in [-0.15, -0.1) is 0 Å². The maximum atomic E-state index is 12.1. The lowest BCUT2D eigenvalue weighted by atomic mass is 10.1. The van der Waals surface area contributed by atoms with Gasteiger partial charge in [0.15, 0.2) is 11.5 Å². The van der Waals surface area contributed by atoms with Crippen LogP contribution in [-0.4, -0.2) is 25.4 Å². The zero-order valence-corrected chi connectivity index (χ0v) is 10.8. The van der Waals surface area contributed by atoms with Crippen molar-refractivity contribution in [2.75, 3.05) is 13.4 Å². The second-order valence-corrected chi connectivity index (χ2v) is 4.74. The van der Waals surface area contributed by atoms with Crippen molar-refractivity contribution >= 4 is 5.97 Å². The SMILES string of the molecule is CCOC(=O)C(NC1CC1)c1ccc2c(c1)OCO2. The predicted octanol–water partition coefficient (Wildman–Crippen LogP) is 1.77. The molecular formula is C14H17NO4. The standard InChI is InChI=1S/C14H17NO4/c1-2-17-14(16)13(15-10-4-5-10)9-3-6-11-12(7-9)19-8-18-11/h3,6-7,10,13,15H,2,4-5,8H2,1H3. The Kier molecular flexibility index (Phi) is 3.29. The van der Waals surface area contributed by atoms with E-state index in [9.17, 15) is 4.79 Å². The normalized spacial score (nSPS) is 18.2. The van der Waals surface area contributed by atoms with Gasteiger partial charge in [0, 0.05) is 6.04 Å². The third-order valence-electron chi connectivity index (χ3n) is 3.23. The van der Waals surface area contributed by atoms with Gasteiger partial charge in [-0.3, -0.25) is 5.32 Å². The van der Waals surface area contributed by atoms with E-state index in [1.807, 2.05) is 25.1 Å². The van der Waals surface area contributed by atoms with E-state index in [2.05, 4.69) is 5.32 Å². The summed E-state index contributed by atoms with van der Waals surface area (Å²) >= 11 is 0. The highest BCUT2D eigenvalue weighted by molar-refractivity contribution is 5.78. The Hall–Kier alpha value is -1.75. The molecule has 1 atom stereocenters. The number of nitrogens with one attached hydrogen (secondary N) is 1. The number of hydrogen-bond acceptors (Lipinski definition) is 5. The smallest absolute Gasteiger partial charge is 0.327 e. The van der Waals surface area contributed by atoms with E-state index in [4.69, 9.17) is 14.2 Å². The van der Waals surface area contributed by atoms with Crippen molar-refractivity contribution in [2.45, 2.75) is 31.8 Å². The first-order valence-electron chi connectivity index (χ1n) is 6.60. The van der Waals surface area contributed by atoms with Crippen LogP contribution in [0.1, 0.15) is 31.4 Å². The lowest BCUT2D eigenvalue weighted by molar-refractivity contribution is -0.145. The minimum absolute atomic E-state index is 0.235. The van der Waals surface area contributed by atoms with Gasteiger partial charge in [0.1, 0.15) is 6.04 Å². The van der Waals surface area contributed by atoms with Gasteiger partial charge in [0.05, 0.1) is 6.61 Å². The highest BCUT2D eigenvalue weighted by Crippen LogP contribution is 2.35. The summed E-state index contributed by atoms with van der Waals surface area (Å²) in [6, 6.07) is 5.55. The van der Waals surface area contributed by atoms with Gasteiger partial charge in [0.2, 0.25) is 6.79 Å². The molecular weight excluding hydrogens is 246 g/mol. The molecule has 3 rings (SSSR count). The van der Waals surface area contributed by atoms with Gasteiger partial charge in [-0.05, 0) is 37.5 Å². The molecule has 1 aliphatic heterocycles. The van der Waals surface area contributed by atoms with Gasteiger partial charge >= 0.3 is 5.97 Å². The Morgan fingerprint density at radius 3 is 2.95 bits per heavy atom. The summed E-state index contributed by atoms with van der Waals surface area (Å²) in [5.74, 6) is 1.16. The molecule has 0 amide bonds. The highest BCUT2D eigenvalue weighted by atomic mass is 16.7. The topological polar surface area (TPSA) is 56.8 Å². The average Bonchev–Trinajstić information content (AvgIpc) is 3.11. The Bertz CT molecular complexity index is 484. The summed E-state index contributed by atoms with van der Waals surface area (Å²) < 4.78 is 15.8. The lowest BCUT2D eigenvalue weighted by Crippen LogP contribution is -2.31. The van der Waals surface area contributed by atoms with E-state index in [0.717, 1.165) is 24.2 Å². The van der Waals surface area contributed by atoms with E-state index in [1.165, 1.54) is 0 Å². The molecule has 0 aromatic heterocycles. The Morgan fingerprint density at radius 2 is 2.21 bits per heavy atom. The molecule has 5 heteroatoms. The molecule has 2 aliphatic rings. The average molecular weight is 263 g/mol. The van der Waals surface area contributed by atoms with Crippen LogP contribution in [0.2, 0.25) is 0 Å². The molecule has 5 nitrogen and oxygen atoms in total. The van der Waals surface area contributed by atoms with Crippen LogP contribution in [0.25, 0.3) is 0 Å². The molecule has 0 radical (unpaired) electrons. The second-order valence-electron chi connectivity index (χ2n) is 4.74. The van der Waals surface area contributed by atoms with Gasteiger partial charge < -0.3 is 14.2 Å². The van der Waals surface area contributed by atoms with Gasteiger partial charge in [-0.1, -0.05) is 6.07 Å². The quantitative estimate of drug-likeness (QED) is 0.820. The summed E-state index contributed by atoms with van der Waals surface area (Å²) in [5, 5.41) is 3.31. The molecule has 1 aromatic carbocycles. The number of ether oxygens (including phenoxy) is 3. The molecule has 1 aromatic rings. The molecule has 1 N–H and O–H groups in total. The first-order valence-corrected chi connectivity index (χ1v) is 6.60. The minimum atomic E-state index is -0.429. The van der Waals surface area contributed by atoms with Crippen LogP contribution in [0, 0.1) is 0 Å². The summed E-state index contributed by atoms with van der Waals surface area (Å²) in [5.41, 5.74) is 0.856. The molecule has 102 valence electrons. The van der Waals surface area contributed by atoms with E-state index < -0.39 is 6.04 Å². The molecule has 0 saturated heterocycles. The third-order valence-corrected chi connectivity index (χ3v) is 3.23. The van der Waals surface area contributed by atoms with Crippen LogP contribution >= 0.6 is 0 Å². The molecule has 1 heterocycles. The predicted molar refractivity (Wildman–Crippen MR) is 68.1 cm³/mol. The number of rotatable bonds is 5. The van der Waals surface area contributed by atoms with Crippen LogP contribution in [0.5, 0.6) is 11.5 Å². The third kappa shape index (κ3) is 2.66. The minimum Gasteiger partial charge on any atom is -0.465 e. The fourth-order valence-corrected chi connectivity index (χ4v) is 2.10. The number of carbonyl (C=O) groups is 1. The Labute approximate surface area is 111 Å². The molecule has 1 saturated carbocycles. The van der Waals surface area contributed by atoms with Crippen LogP contribution in [0.3, 0.4) is 0 Å². The largest absolute Gasteiger partial charge is 0.465 e.